The maximum atomic E-state index is 12.8. The molecular formula is C36H60O10. The summed E-state index contributed by atoms with van der Waals surface area (Å²) in [4.78, 5) is 12.8. The summed E-state index contributed by atoms with van der Waals surface area (Å²) >= 11 is 0. The Kier molecular flexibility index (Phi) is 9.58. The van der Waals surface area contributed by atoms with Crippen molar-refractivity contribution in [3.8, 4) is 0 Å². The lowest BCUT2D eigenvalue weighted by Crippen LogP contribution is -2.70. The number of rotatable bonds is 8. The minimum Gasteiger partial charge on any atom is -0.394 e. The van der Waals surface area contributed by atoms with Gasteiger partial charge >= 0.3 is 0 Å². The molecule has 0 aromatic carbocycles. The van der Waals surface area contributed by atoms with Gasteiger partial charge in [0.2, 0.25) is 0 Å². The molecule has 5 aliphatic rings. The second-order valence-corrected chi connectivity index (χ2v) is 17.3. The highest BCUT2D eigenvalue weighted by Crippen LogP contribution is 2.76. The molecule has 4 saturated carbocycles. The van der Waals surface area contributed by atoms with Crippen LogP contribution in [0, 0.1) is 45.3 Å². The van der Waals surface area contributed by atoms with E-state index >= 15 is 0 Å². The molecule has 0 amide bonds. The number of carbonyl (C=O) groups excluding carboxylic acids is 1. The van der Waals surface area contributed by atoms with Gasteiger partial charge in [-0.15, -0.1) is 0 Å². The zero-order chi connectivity index (χ0) is 34.4. The first kappa shape index (κ1) is 36.3. The number of fused-ring (bicyclic) bond motifs is 5. The van der Waals surface area contributed by atoms with Gasteiger partial charge in [0.15, 0.2) is 12.1 Å². The Bertz CT molecular complexity index is 1170. The number of Topliss-reactive ketones (excluding diaryl/α,β-unsaturated/α-hetero) is 1. The van der Waals surface area contributed by atoms with Crippen LogP contribution in [0.25, 0.3) is 0 Å². The molecule has 10 heteroatoms. The molecule has 0 radical (unpaired) electrons. The quantitative estimate of drug-likeness (QED) is 0.193. The fourth-order valence-corrected chi connectivity index (χ4v) is 12.0. The third-order valence-corrected chi connectivity index (χ3v) is 14.6. The molecule has 0 unspecified atom stereocenters. The Morgan fingerprint density at radius 2 is 1.59 bits per heavy atom. The molecule has 7 N–H and O–H groups in total. The largest absolute Gasteiger partial charge is 0.394 e. The molecule has 5 rings (SSSR count). The summed E-state index contributed by atoms with van der Waals surface area (Å²) in [6, 6.07) is 0. The van der Waals surface area contributed by atoms with E-state index in [4.69, 9.17) is 9.47 Å². The van der Waals surface area contributed by atoms with E-state index in [1.54, 1.807) is 6.92 Å². The predicted molar refractivity (Wildman–Crippen MR) is 170 cm³/mol. The number of aliphatic hydroxyl groups excluding tert-OH is 7. The van der Waals surface area contributed by atoms with Crippen LogP contribution in [-0.4, -0.2) is 103 Å². The minimum atomic E-state index is -1.61. The van der Waals surface area contributed by atoms with Crippen molar-refractivity contribution in [1.82, 2.24) is 0 Å². The van der Waals surface area contributed by atoms with Crippen LogP contribution in [0.3, 0.4) is 0 Å². The van der Waals surface area contributed by atoms with Crippen LogP contribution >= 0.6 is 0 Å². The first-order valence-corrected chi connectivity index (χ1v) is 17.4. The van der Waals surface area contributed by atoms with Gasteiger partial charge in [0.25, 0.3) is 0 Å². The lowest BCUT2D eigenvalue weighted by molar-refractivity contribution is -0.336. The third kappa shape index (κ3) is 5.28. The van der Waals surface area contributed by atoms with Gasteiger partial charge in [-0.1, -0.05) is 41.2 Å². The number of ketones is 1. The highest BCUT2D eigenvalue weighted by molar-refractivity contribution is 5.94. The first-order chi connectivity index (χ1) is 21.2. The van der Waals surface area contributed by atoms with Crippen LogP contribution in [-0.2, 0) is 14.3 Å². The van der Waals surface area contributed by atoms with Crippen molar-refractivity contribution in [2.24, 2.45) is 45.3 Å². The fraction of sp³-hybridized carbons (Fsp3) is 0.917. The highest BCUT2D eigenvalue weighted by Gasteiger charge is 2.73. The molecule has 1 heterocycles. The Hall–Kier alpha value is -0.950. The normalized spacial score (nSPS) is 51.3. The smallest absolute Gasteiger partial charge is 0.187 e. The van der Waals surface area contributed by atoms with E-state index in [9.17, 15) is 40.5 Å². The number of aliphatic hydroxyl groups is 7. The van der Waals surface area contributed by atoms with Gasteiger partial charge < -0.3 is 45.2 Å². The Balaban J connectivity index is 1.52. The number of hydrogen-bond donors (Lipinski definition) is 7. The first-order valence-electron chi connectivity index (χ1n) is 17.4. The number of ether oxygens (including phenoxy) is 2. The van der Waals surface area contributed by atoms with Crippen molar-refractivity contribution in [3.05, 3.63) is 12.2 Å². The molecule has 0 aromatic rings. The second kappa shape index (κ2) is 12.1. The lowest BCUT2D eigenvalue weighted by Gasteiger charge is -2.71. The van der Waals surface area contributed by atoms with E-state index in [0.717, 1.165) is 12.8 Å². The molecule has 1 aliphatic heterocycles. The van der Waals surface area contributed by atoms with Crippen molar-refractivity contribution >= 4 is 5.78 Å². The summed E-state index contributed by atoms with van der Waals surface area (Å²) in [7, 11) is 0. The Labute approximate surface area is 274 Å². The van der Waals surface area contributed by atoms with Crippen molar-refractivity contribution < 1.29 is 50.0 Å². The zero-order valence-corrected chi connectivity index (χ0v) is 28.9. The SMILES string of the molecule is C=C(C)C(=O)CC[C@](C)(O[C@@H]1O[C@H](CO)[C@@H](O)[C@H](O)[C@H]1O)[C@H]1CC[C@]2(C)[C@@H]1[C@H](O)C[C@@H]1[C@@]3(C)CC[C@H](O)C(C)(C)[C@@H]3[C@@H](O)C[C@]12C. The van der Waals surface area contributed by atoms with E-state index in [1.807, 2.05) is 6.92 Å². The van der Waals surface area contributed by atoms with E-state index in [-0.39, 0.29) is 53.1 Å². The van der Waals surface area contributed by atoms with Crippen LogP contribution in [0.1, 0.15) is 99.8 Å². The molecule has 4 aliphatic carbocycles. The molecule has 0 aromatic heterocycles. The fourth-order valence-electron chi connectivity index (χ4n) is 12.0. The Morgan fingerprint density at radius 1 is 0.935 bits per heavy atom. The molecule has 0 bridgehead atoms. The summed E-state index contributed by atoms with van der Waals surface area (Å²) in [5, 5.41) is 76.8. The molecule has 5 fully saturated rings. The van der Waals surface area contributed by atoms with Crippen molar-refractivity contribution in [2.45, 2.75) is 154 Å². The Morgan fingerprint density at radius 3 is 2.20 bits per heavy atom. The summed E-state index contributed by atoms with van der Waals surface area (Å²) in [5.41, 5.74) is -2.20. The van der Waals surface area contributed by atoms with E-state index in [0.29, 0.717) is 31.3 Å². The maximum Gasteiger partial charge on any atom is 0.187 e. The zero-order valence-electron chi connectivity index (χ0n) is 28.9. The lowest BCUT2D eigenvalue weighted by atomic mass is 9.34. The van der Waals surface area contributed by atoms with Crippen LogP contribution in [0.5, 0.6) is 0 Å². The second-order valence-electron chi connectivity index (χ2n) is 17.3. The molecule has 264 valence electrons. The topological polar surface area (TPSA) is 177 Å². The molecule has 46 heavy (non-hydrogen) atoms. The summed E-state index contributed by atoms with van der Waals surface area (Å²) in [6.45, 7) is 17.6. The highest BCUT2D eigenvalue weighted by atomic mass is 16.7. The van der Waals surface area contributed by atoms with Crippen LogP contribution in [0.2, 0.25) is 0 Å². The van der Waals surface area contributed by atoms with Gasteiger partial charge in [-0.2, -0.15) is 0 Å². The molecule has 16 atom stereocenters. The number of allylic oxidation sites excluding steroid dienone is 1. The van der Waals surface area contributed by atoms with Crippen LogP contribution in [0.4, 0.5) is 0 Å². The monoisotopic (exact) mass is 652 g/mol. The standard InChI is InChI=1S/C36H60O10/c1-18(2)20(38)10-14-36(8,46-31-29(44)28(43)27(42)23(17-37)45-31)19-9-13-34(6)26(19)21(39)15-24-33(5)12-11-25(41)32(3,4)30(33)22(40)16-35(24,34)7/h19,21-31,37,39-44H,1,9-17H2,2-8H3/t19-,21+,22-,23+,24+,25-,26-,27+,28-,29+,30-,31-,33+,34+,35+,36-/m0/s1. The van der Waals surface area contributed by atoms with Crippen LogP contribution < -0.4 is 0 Å². The third-order valence-electron chi connectivity index (χ3n) is 14.6. The summed E-state index contributed by atoms with van der Waals surface area (Å²) in [6.07, 6.45) is -4.78. The number of carbonyl (C=O) groups is 1. The molecular weight excluding hydrogens is 592 g/mol. The van der Waals surface area contributed by atoms with Crippen LogP contribution in [0.15, 0.2) is 12.2 Å². The van der Waals surface area contributed by atoms with E-state index in [1.165, 1.54) is 0 Å². The van der Waals surface area contributed by atoms with Crippen molar-refractivity contribution in [1.29, 1.82) is 0 Å². The average molecular weight is 653 g/mol. The van der Waals surface area contributed by atoms with Gasteiger partial charge in [-0.3, -0.25) is 4.79 Å². The minimum absolute atomic E-state index is 0.109. The molecule has 0 spiro atoms. The van der Waals surface area contributed by atoms with Crippen molar-refractivity contribution in [2.75, 3.05) is 6.61 Å². The van der Waals surface area contributed by atoms with Crippen molar-refractivity contribution in [3.63, 3.8) is 0 Å². The van der Waals surface area contributed by atoms with E-state index < -0.39 is 72.1 Å². The van der Waals surface area contributed by atoms with Gasteiger partial charge in [-0.25, -0.2) is 0 Å². The molecule has 10 nitrogen and oxygen atoms in total. The maximum absolute atomic E-state index is 12.8. The predicted octanol–water partition coefficient (Wildman–Crippen LogP) is 2.47. The van der Waals surface area contributed by atoms with Gasteiger partial charge in [-0.05, 0) is 110 Å². The van der Waals surface area contributed by atoms with Gasteiger partial charge in [0.1, 0.15) is 24.4 Å². The summed E-state index contributed by atoms with van der Waals surface area (Å²) in [5.74, 6) is -0.671. The summed E-state index contributed by atoms with van der Waals surface area (Å²) < 4.78 is 12.4. The van der Waals surface area contributed by atoms with Gasteiger partial charge in [0.05, 0.1) is 30.5 Å². The van der Waals surface area contributed by atoms with Gasteiger partial charge in [0, 0.05) is 6.42 Å². The molecule has 1 saturated heterocycles. The van der Waals surface area contributed by atoms with E-state index in [2.05, 4.69) is 41.2 Å². The average Bonchev–Trinajstić information content (AvgIpc) is 3.36. The number of hydrogen-bond acceptors (Lipinski definition) is 10.